The van der Waals surface area contributed by atoms with Crippen molar-refractivity contribution in [2.75, 3.05) is 0 Å². The van der Waals surface area contributed by atoms with Gasteiger partial charge in [-0.05, 0) is 35.0 Å². The fourth-order valence-electron chi connectivity index (χ4n) is 3.47. The summed E-state index contributed by atoms with van der Waals surface area (Å²) in [4.78, 5) is 0. The summed E-state index contributed by atoms with van der Waals surface area (Å²) in [6.45, 7) is 21.6. The van der Waals surface area contributed by atoms with Gasteiger partial charge >= 0.3 is 0 Å². The van der Waals surface area contributed by atoms with Crippen LogP contribution in [0.15, 0.2) is 0 Å². The second-order valence-corrected chi connectivity index (χ2v) is 7.70. The Kier molecular flexibility index (Phi) is 5.10. The summed E-state index contributed by atoms with van der Waals surface area (Å²) in [5.41, 5.74) is 1.29. The van der Waals surface area contributed by atoms with Crippen molar-refractivity contribution >= 4 is 0 Å². The van der Waals surface area contributed by atoms with Crippen molar-refractivity contribution in [2.45, 2.75) is 81.6 Å². The Labute approximate surface area is 104 Å². The van der Waals surface area contributed by atoms with Crippen LogP contribution in [0.1, 0.15) is 81.6 Å². The van der Waals surface area contributed by atoms with Crippen LogP contribution in [-0.4, -0.2) is 0 Å². The highest BCUT2D eigenvalue weighted by atomic mass is 14.5. The zero-order valence-electron chi connectivity index (χ0n) is 13.2. The van der Waals surface area contributed by atoms with Gasteiger partial charge in [-0.1, -0.05) is 68.7 Å². The van der Waals surface area contributed by atoms with E-state index in [2.05, 4.69) is 62.3 Å². The van der Waals surface area contributed by atoms with Crippen LogP contribution in [-0.2, 0) is 0 Å². The molecule has 0 aromatic carbocycles. The zero-order chi connectivity index (χ0) is 13.2. The van der Waals surface area contributed by atoms with Crippen LogP contribution in [0.5, 0.6) is 0 Å². The van der Waals surface area contributed by atoms with E-state index in [1.165, 1.54) is 19.3 Å². The molecule has 2 unspecified atom stereocenters. The fraction of sp³-hybridized carbons (Fsp3) is 1.00. The predicted molar refractivity (Wildman–Crippen MR) is 75.7 cm³/mol. The van der Waals surface area contributed by atoms with E-state index in [0.717, 1.165) is 5.92 Å². The second kappa shape index (κ2) is 5.10. The molecule has 0 spiro atoms. The van der Waals surface area contributed by atoms with Crippen molar-refractivity contribution in [3.05, 3.63) is 0 Å². The molecule has 2 atom stereocenters. The fourth-order valence-corrected chi connectivity index (χ4v) is 3.47. The van der Waals surface area contributed by atoms with Crippen LogP contribution in [0.4, 0.5) is 0 Å². The van der Waals surface area contributed by atoms with E-state index in [1.807, 2.05) is 0 Å². The van der Waals surface area contributed by atoms with Gasteiger partial charge in [0.15, 0.2) is 0 Å². The zero-order valence-corrected chi connectivity index (χ0v) is 13.2. The van der Waals surface area contributed by atoms with Gasteiger partial charge in [0.25, 0.3) is 0 Å². The smallest absolute Gasteiger partial charge is 0.0251 e. The first kappa shape index (κ1) is 16.0. The third-order valence-electron chi connectivity index (χ3n) is 4.95. The molecule has 0 aliphatic rings. The number of rotatable bonds is 5. The van der Waals surface area contributed by atoms with Crippen LogP contribution in [0.25, 0.3) is 0 Å². The summed E-state index contributed by atoms with van der Waals surface area (Å²) in [6, 6.07) is 0. The number of hydrogen-bond donors (Lipinski definition) is 0. The molecule has 0 radical (unpaired) electrons. The standard InChI is InChI=1S/C16H34/c1-10-13(3)16(9,11-2)15(7,8)12-14(4,5)6/h13H,10-12H2,1-9H3. The minimum Gasteiger partial charge on any atom is -0.0651 e. The summed E-state index contributed by atoms with van der Waals surface area (Å²) in [5.74, 6) is 0.801. The van der Waals surface area contributed by atoms with Gasteiger partial charge in [0, 0.05) is 0 Å². The molecule has 0 nitrogen and oxygen atoms in total. The average Bonchev–Trinajstić information content (AvgIpc) is 2.11. The molecule has 98 valence electrons. The Balaban J connectivity index is 5.06. The first-order valence-corrected chi connectivity index (χ1v) is 7.00. The molecule has 0 saturated carbocycles. The molecule has 0 aliphatic carbocycles. The highest BCUT2D eigenvalue weighted by molar-refractivity contribution is 4.93. The van der Waals surface area contributed by atoms with Crippen molar-refractivity contribution < 1.29 is 0 Å². The first-order chi connectivity index (χ1) is 7.00. The highest BCUT2D eigenvalue weighted by Crippen LogP contribution is 2.53. The average molecular weight is 226 g/mol. The summed E-state index contributed by atoms with van der Waals surface area (Å²) < 4.78 is 0. The highest BCUT2D eigenvalue weighted by Gasteiger charge is 2.44. The van der Waals surface area contributed by atoms with Gasteiger partial charge in [0.05, 0.1) is 0 Å². The van der Waals surface area contributed by atoms with Crippen molar-refractivity contribution in [1.29, 1.82) is 0 Å². The van der Waals surface area contributed by atoms with Crippen LogP contribution >= 0.6 is 0 Å². The molecule has 0 aliphatic heterocycles. The SMILES string of the molecule is CCC(C)C(C)(CC)C(C)(C)CC(C)(C)C. The van der Waals surface area contributed by atoms with Crippen molar-refractivity contribution in [1.82, 2.24) is 0 Å². The lowest BCUT2D eigenvalue weighted by molar-refractivity contribution is -0.00960. The molecule has 0 bridgehead atoms. The van der Waals surface area contributed by atoms with E-state index in [9.17, 15) is 0 Å². The predicted octanol–water partition coefficient (Wildman–Crippen LogP) is 5.91. The molecule has 0 amide bonds. The largest absolute Gasteiger partial charge is 0.0651 e. The summed E-state index contributed by atoms with van der Waals surface area (Å²) in [6.07, 6.45) is 3.87. The van der Waals surface area contributed by atoms with E-state index < -0.39 is 0 Å². The van der Waals surface area contributed by atoms with Crippen molar-refractivity contribution in [2.24, 2.45) is 22.2 Å². The molecule has 0 heteroatoms. The van der Waals surface area contributed by atoms with Gasteiger partial charge in [-0.3, -0.25) is 0 Å². The van der Waals surface area contributed by atoms with Gasteiger partial charge in [0.2, 0.25) is 0 Å². The molecular formula is C16H34. The maximum absolute atomic E-state index is 2.49. The Bertz CT molecular complexity index is 207. The normalized spacial score (nSPS) is 19.3. The first-order valence-electron chi connectivity index (χ1n) is 7.00. The minimum absolute atomic E-state index is 0.412. The Morgan fingerprint density at radius 2 is 1.31 bits per heavy atom. The van der Waals surface area contributed by atoms with Crippen LogP contribution < -0.4 is 0 Å². The Hall–Kier alpha value is 0. The molecule has 0 fully saturated rings. The van der Waals surface area contributed by atoms with Crippen molar-refractivity contribution in [3.8, 4) is 0 Å². The topological polar surface area (TPSA) is 0 Å². The van der Waals surface area contributed by atoms with E-state index in [1.54, 1.807) is 0 Å². The second-order valence-electron chi connectivity index (χ2n) is 7.70. The van der Waals surface area contributed by atoms with Gasteiger partial charge in [-0.2, -0.15) is 0 Å². The van der Waals surface area contributed by atoms with E-state index in [4.69, 9.17) is 0 Å². The minimum atomic E-state index is 0.412. The van der Waals surface area contributed by atoms with E-state index >= 15 is 0 Å². The molecular weight excluding hydrogens is 192 g/mol. The van der Waals surface area contributed by atoms with E-state index in [0.29, 0.717) is 16.2 Å². The summed E-state index contributed by atoms with van der Waals surface area (Å²) in [7, 11) is 0. The lowest BCUT2D eigenvalue weighted by Crippen LogP contribution is -2.42. The lowest BCUT2D eigenvalue weighted by atomic mass is 9.54. The molecule has 16 heavy (non-hydrogen) atoms. The molecule has 0 aromatic rings. The third-order valence-corrected chi connectivity index (χ3v) is 4.95. The monoisotopic (exact) mass is 226 g/mol. The van der Waals surface area contributed by atoms with Crippen molar-refractivity contribution in [3.63, 3.8) is 0 Å². The van der Waals surface area contributed by atoms with Crippen LogP contribution in [0, 0.1) is 22.2 Å². The molecule has 0 aromatic heterocycles. The molecule has 0 saturated heterocycles. The maximum atomic E-state index is 2.49. The third kappa shape index (κ3) is 3.50. The Morgan fingerprint density at radius 3 is 1.56 bits per heavy atom. The lowest BCUT2D eigenvalue weighted by Gasteiger charge is -2.50. The van der Waals surface area contributed by atoms with E-state index in [-0.39, 0.29) is 0 Å². The van der Waals surface area contributed by atoms with Crippen LogP contribution in [0.3, 0.4) is 0 Å². The quantitative estimate of drug-likeness (QED) is 0.546. The van der Waals surface area contributed by atoms with Gasteiger partial charge < -0.3 is 0 Å². The van der Waals surface area contributed by atoms with Gasteiger partial charge in [-0.25, -0.2) is 0 Å². The molecule has 0 N–H and O–H groups in total. The molecule has 0 heterocycles. The molecule has 0 rings (SSSR count). The van der Waals surface area contributed by atoms with Gasteiger partial charge in [-0.15, -0.1) is 0 Å². The van der Waals surface area contributed by atoms with Gasteiger partial charge in [0.1, 0.15) is 0 Å². The Morgan fingerprint density at radius 1 is 0.875 bits per heavy atom. The van der Waals surface area contributed by atoms with Crippen LogP contribution in [0.2, 0.25) is 0 Å². The number of hydrogen-bond acceptors (Lipinski definition) is 0. The summed E-state index contributed by atoms with van der Waals surface area (Å²) in [5, 5.41) is 0. The summed E-state index contributed by atoms with van der Waals surface area (Å²) >= 11 is 0. The maximum Gasteiger partial charge on any atom is -0.0251 e.